The minimum absolute atomic E-state index is 0.218. The third-order valence-electron chi connectivity index (χ3n) is 2.18. The van der Waals surface area contributed by atoms with Crippen molar-refractivity contribution in [2.75, 3.05) is 25.1 Å². The summed E-state index contributed by atoms with van der Waals surface area (Å²) in [6, 6.07) is 0. The summed E-state index contributed by atoms with van der Waals surface area (Å²) in [5.41, 5.74) is 0.218. The molecular weight excluding hydrogens is 218 g/mol. The highest BCUT2D eigenvalue weighted by Crippen LogP contribution is 2.10. The standard InChI is InChI=1S/C12H17N3O2/c1-4-6-15(7-5-2)11-9-13-8-10(14-11)12(16)17-3/h4,8-9H,1,5-7H2,2-3H3. The van der Waals surface area contributed by atoms with E-state index in [1.54, 1.807) is 12.3 Å². The van der Waals surface area contributed by atoms with Gasteiger partial charge in [0.25, 0.3) is 0 Å². The maximum Gasteiger partial charge on any atom is 0.358 e. The first-order valence-corrected chi connectivity index (χ1v) is 5.49. The fourth-order valence-electron chi connectivity index (χ4n) is 1.44. The van der Waals surface area contributed by atoms with Gasteiger partial charge in [-0.3, -0.25) is 4.98 Å². The second kappa shape index (κ2) is 6.62. The van der Waals surface area contributed by atoms with E-state index in [4.69, 9.17) is 0 Å². The van der Waals surface area contributed by atoms with Gasteiger partial charge >= 0.3 is 5.97 Å². The molecule has 0 N–H and O–H groups in total. The van der Waals surface area contributed by atoms with Crippen molar-refractivity contribution < 1.29 is 9.53 Å². The molecule has 0 radical (unpaired) electrons. The summed E-state index contributed by atoms with van der Waals surface area (Å²) in [5.74, 6) is 0.184. The zero-order valence-corrected chi connectivity index (χ0v) is 10.2. The maximum absolute atomic E-state index is 11.3. The molecule has 0 aliphatic rings. The van der Waals surface area contributed by atoms with Gasteiger partial charge < -0.3 is 9.64 Å². The molecule has 0 unspecified atom stereocenters. The molecule has 0 amide bonds. The highest BCUT2D eigenvalue weighted by atomic mass is 16.5. The summed E-state index contributed by atoms with van der Waals surface area (Å²) in [4.78, 5) is 21.6. The molecule has 5 heteroatoms. The van der Waals surface area contributed by atoms with Crippen molar-refractivity contribution in [3.05, 3.63) is 30.7 Å². The number of ether oxygens (including phenoxy) is 1. The smallest absolute Gasteiger partial charge is 0.358 e. The first kappa shape index (κ1) is 13.2. The molecule has 1 rings (SSSR count). The monoisotopic (exact) mass is 235 g/mol. The second-order valence-corrected chi connectivity index (χ2v) is 3.49. The fraction of sp³-hybridized carbons (Fsp3) is 0.417. The van der Waals surface area contributed by atoms with Crippen LogP contribution in [-0.4, -0.2) is 36.1 Å². The van der Waals surface area contributed by atoms with E-state index in [1.165, 1.54) is 13.3 Å². The van der Waals surface area contributed by atoms with Gasteiger partial charge in [0, 0.05) is 13.1 Å². The van der Waals surface area contributed by atoms with Gasteiger partial charge in [0.05, 0.1) is 19.5 Å². The molecule has 1 aromatic heterocycles. The van der Waals surface area contributed by atoms with Gasteiger partial charge in [-0.05, 0) is 6.42 Å². The minimum Gasteiger partial charge on any atom is -0.464 e. The topological polar surface area (TPSA) is 55.3 Å². The third-order valence-corrected chi connectivity index (χ3v) is 2.18. The van der Waals surface area contributed by atoms with Crippen LogP contribution in [-0.2, 0) is 4.74 Å². The first-order chi connectivity index (χ1) is 8.22. The Morgan fingerprint density at radius 3 is 2.94 bits per heavy atom. The van der Waals surface area contributed by atoms with Crippen molar-refractivity contribution in [1.82, 2.24) is 9.97 Å². The van der Waals surface area contributed by atoms with Crippen LogP contribution in [0.3, 0.4) is 0 Å². The number of esters is 1. The molecule has 0 atom stereocenters. The molecule has 0 saturated heterocycles. The lowest BCUT2D eigenvalue weighted by Gasteiger charge is -2.21. The SMILES string of the molecule is C=CCN(CCC)c1cncc(C(=O)OC)n1. The van der Waals surface area contributed by atoms with Crippen LogP contribution in [0, 0.1) is 0 Å². The van der Waals surface area contributed by atoms with Crippen molar-refractivity contribution in [2.24, 2.45) is 0 Å². The Hall–Kier alpha value is -1.91. The van der Waals surface area contributed by atoms with Crippen molar-refractivity contribution >= 4 is 11.8 Å². The van der Waals surface area contributed by atoms with Gasteiger partial charge in [0.15, 0.2) is 5.69 Å². The largest absolute Gasteiger partial charge is 0.464 e. The first-order valence-electron chi connectivity index (χ1n) is 5.49. The number of anilines is 1. The number of carbonyl (C=O) groups excluding carboxylic acids is 1. The minimum atomic E-state index is -0.477. The Kier molecular flexibility index (Phi) is 5.13. The van der Waals surface area contributed by atoms with Crippen molar-refractivity contribution in [1.29, 1.82) is 0 Å². The maximum atomic E-state index is 11.3. The van der Waals surface area contributed by atoms with Gasteiger partial charge in [0.1, 0.15) is 5.82 Å². The zero-order chi connectivity index (χ0) is 12.7. The van der Waals surface area contributed by atoms with Gasteiger partial charge in [-0.1, -0.05) is 13.0 Å². The van der Waals surface area contributed by atoms with Crippen molar-refractivity contribution in [3.8, 4) is 0 Å². The zero-order valence-electron chi connectivity index (χ0n) is 10.2. The molecule has 0 aliphatic carbocycles. The van der Waals surface area contributed by atoms with Crippen LogP contribution in [0.2, 0.25) is 0 Å². The Balaban J connectivity index is 2.94. The molecule has 1 heterocycles. The second-order valence-electron chi connectivity index (χ2n) is 3.49. The van der Waals surface area contributed by atoms with Crippen molar-refractivity contribution in [3.63, 3.8) is 0 Å². The van der Waals surface area contributed by atoms with E-state index < -0.39 is 5.97 Å². The molecule has 0 spiro atoms. The molecule has 0 bridgehead atoms. The van der Waals surface area contributed by atoms with Gasteiger partial charge in [-0.15, -0.1) is 6.58 Å². The molecule has 0 aromatic carbocycles. The molecule has 17 heavy (non-hydrogen) atoms. The average Bonchev–Trinajstić information content (AvgIpc) is 2.37. The number of hydrogen-bond acceptors (Lipinski definition) is 5. The molecule has 92 valence electrons. The molecule has 5 nitrogen and oxygen atoms in total. The van der Waals surface area contributed by atoms with Gasteiger partial charge in [-0.2, -0.15) is 0 Å². The highest BCUT2D eigenvalue weighted by molar-refractivity contribution is 5.87. The molecule has 1 aromatic rings. The summed E-state index contributed by atoms with van der Waals surface area (Å²) in [6.07, 6.45) is 5.80. The molecule has 0 fully saturated rings. The predicted molar refractivity (Wildman–Crippen MR) is 66.1 cm³/mol. The quantitative estimate of drug-likeness (QED) is 0.554. The number of aromatic nitrogens is 2. The van der Waals surface area contributed by atoms with E-state index >= 15 is 0 Å². The fourth-order valence-corrected chi connectivity index (χ4v) is 1.44. The van der Waals surface area contributed by atoms with Crippen molar-refractivity contribution in [2.45, 2.75) is 13.3 Å². The summed E-state index contributed by atoms with van der Waals surface area (Å²) < 4.78 is 4.61. The summed E-state index contributed by atoms with van der Waals surface area (Å²) >= 11 is 0. The van der Waals surface area contributed by atoms with Crippen LogP contribution in [0.1, 0.15) is 23.8 Å². The number of nitrogens with zero attached hydrogens (tertiary/aromatic N) is 3. The van der Waals surface area contributed by atoms with Crippen LogP contribution in [0.5, 0.6) is 0 Å². The lowest BCUT2D eigenvalue weighted by atomic mass is 10.3. The van der Waals surface area contributed by atoms with E-state index in [2.05, 4.69) is 28.2 Å². The highest BCUT2D eigenvalue weighted by Gasteiger charge is 2.11. The Morgan fingerprint density at radius 2 is 2.35 bits per heavy atom. The van der Waals surface area contributed by atoms with E-state index in [1.807, 2.05) is 4.90 Å². The average molecular weight is 235 g/mol. The Bertz CT molecular complexity index is 393. The predicted octanol–water partition coefficient (Wildman–Crippen LogP) is 1.67. The van der Waals surface area contributed by atoms with E-state index in [0.29, 0.717) is 12.4 Å². The summed E-state index contributed by atoms with van der Waals surface area (Å²) in [5, 5.41) is 0. The summed E-state index contributed by atoms with van der Waals surface area (Å²) in [6.45, 7) is 7.29. The van der Waals surface area contributed by atoms with E-state index in [0.717, 1.165) is 13.0 Å². The van der Waals surface area contributed by atoms with E-state index in [-0.39, 0.29) is 5.69 Å². The van der Waals surface area contributed by atoms with Crippen LogP contribution in [0.4, 0.5) is 5.82 Å². The number of hydrogen-bond donors (Lipinski definition) is 0. The van der Waals surface area contributed by atoms with Gasteiger partial charge in [-0.25, -0.2) is 9.78 Å². The normalized spacial score (nSPS) is 9.76. The summed E-state index contributed by atoms with van der Waals surface area (Å²) in [7, 11) is 1.32. The Labute approximate surface area is 101 Å². The molecule has 0 saturated carbocycles. The number of rotatable bonds is 6. The van der Waals surface area contributed by atoms with Crippen LogP contribution < -0.4 is 4.90 Å². The Morgan fingerprint density at radius 1 is 1.59 bits per heavy atom. The third kappa shape index (κ3) is 3.55. The lowest BCUT2D eigenvalue weighted by Crippen LogP contribution is -2.25. The molecule has 0 aliphatic heterocycles. The van der Waals surface area contributed by atoms with Crippen LogP contribution >= 0.6 is 0 Å². The molecular formula is C12H17N3O2. The van der Waals surface area contributed by atoms with Crippen LogP contribution in [0.15, 0.2) is 25.0 Å². The van der Waals surface area contributed by atoms with Gasteiger partial charge in [0.2, 0.25) is 0 Å². The number of carbonyl (C=O) groups is 1. The van der Waals surface area contributed by atoms with Crippen LogP contribution in [0.25, 0.3) is 0 Å². The van der Waals surface area contributed by atoms with E-state index in [9.17, 15) is 4.79 Å². The lowest BCUT2D eigenvalue weighted by molar-refractivity contribution is 0.0593. The number of methoxy groups -OCH3 is 1.